The Kier molecular flexibility index (Phi) is 5.40. The fourth-order valence-electron chi connectivity index (χ4n) is 3.45. The van der Waals surface area contributed by atoms with E-state index in [1.54, 1.807) is 12.1 Å². The maximum Gasteiger partial charge on any atom is 0.126 e. The van der Waals surface area contributed by atoms with E-state index < -0.39 is 0 Å². The largest absolute Gasteiger partial charge is 0.330 e. The Morgan fingerprint density at radius 2 is 2.16 bits per heavy atom. The second kappa shape index (κ2) is 6.85. The zero-order chi connectivity index (χ0) is 13.8. The molecule has 3 unspecified atom stereocenters. The van der Waals surface area contributed by atoms with Crippen LogP contribution in [0.25, 0.3) is 0 Å². The molecular weight excluding hydrogens is 305 g/mol. The molecule has 0 aromatic heterocycles. The average Bonchev–Trinajstić information content (AvgIpc) is 2.42. The van der Waals surface area contributed by atoms with Crippen molar-refractivity contribution in [1.82, 2.24) is 0 Å². The van der Waals surface area contributed by atoms with Crippen LogP contribution in [0, 0.1) is 17.7 Å². The van der Waals surface area contributed by atoms with Crippen molar-refractivity contribution in [2.75, 3.05) is 6.54 Å². The van der Waals surface area contributed by atoms with Crippen molar-refractivity contribution in [3.8, 4) is 0 Å². The number of halogens is 2. The standard InChI is InChI=1S/C16H23BrFN/c1-2-3-11-4-5-12(10-19)14(8-11)15-9-13(17)6-7-16(15)18/h6-7,9,11-12,14H,2-5,8,10,19H2,1H3. The van der Waals surface area contributed by atoms with E-state index in [9.17, 15) is 4.39 Å². The van der Waals surface area contributed by atoms with Gasteiger partial charge in [0.05, 0.1) is 0 Å². The predicted molar refractivity (Wildman–Crippen MR) is 81.6 cm³/mol. The Morgan fingerprint density at radius 1 is 1.37 bits per heavy atom. The molecule has 3 atom stereocenters. The number of rotatable bonds is 4. The molecule has 2 rings (SSSR count). The Morgan fingerprint density at radius 3 is 2.84 bits per heavy atom. The van der Waals surface area contributed by atoms with Crippen LogP contribution in [0.5, 0.6) is 0 Å². The highest BCUT2D eigenvalue weighted by Crippen LogP contribution is 2.43. The molecule has 2 N–H and O–H groups in total. The molecule has 1 aliphatic rings. The number of benzene rings is 1. The van der Waals surface area contributed by atoms with E-state index in [2.05, 4.69) is 22.9 Å². The van der Waals surface area contributed by atoms with Gasteiger partial charge in [0.15, 0.2) is 0 Å². The molecule has 1 aromatic rings. The third-order valence-corrected chi connectivity index (χ3v) is 4.95. The van der Waals surface area contributed by atoms with Gasteiger partial charge < -0.3 is 5.73 Å². The molecule has 1 fully saturated rings. The van der Waals surface area contributed by atoms with Crippen LogP contribution in [0.1, 0.15) is 50.5 Å². The van der Waals surface area contributed by atoms with Gasteiger partial charge in [0, 0.05) is 4.47 Å². The second-order valence-corrected chi connectivity index (χ2v) is 6.65. The minimum Gasteiger partial charge on any atom is -0.330 e. The van der Waals surface area contributed by atoms with E-state index in [0.29, 0.717) is 12.5 Å². The minimum absolute atomic E-state index is 0.0798. The molecule has 19 heavy (non-hydrogen) atoms. The number of hydrogen-bond acceptors (Lipinski definition) is 1. The first-order valence-electron chi connectivity index (χ1n) is 7.30. The zero-order valence-electron chi connectivity index (χ0n) is 11.5. The van der Waals surface area contributed by atoms with Gasteiger partial charge in [-0.2, -0.15) is 0 Å². The lowest BCUT2D eigenvalue weighted by Gasteiger charge is -2.36. The van der Waals surface area contributed by atoms with Gasteiger partial charge in [-0.3, -0.25) is 0 Å². The van der Waals surface area contributed by atoms with Crippen LogP contribution < -0.4 is 5.73 Å². The Balaban J connectivity index is 2.24. The fraction of sp³-hybridized carbons (Fsp3) is 0.625. The molecule has 0 heterocycles. The molecule has 1 aromatic carbocycles. The van der Waals surface area contributed by atoms with Gasteiger partial charge in [0.2, 0.25) is 0 Å². The minimum atomic E-state index is -0.0798. The summed E-state index contributed by atoms with van der Waals surface area (Å²) >= 11 is 3.45. The lowest BCUT2D eigenvalue weighted by molar-refractivity contribution is 0.226. The smallest absolute Gasteiger partial charge is 0.126 e. The highest BCUT2D eigenvalue weighted by molar-refractivity contribution is 9.10. The van der Waals surface area contributed by atoms with Crippen LogP contribution in [0.4, 0.5) is 4.39 Å². The number of hydrogen-bond donors (Lipinski definition) is 1. The van der Waals surface area contributed by atoms with Crippen LogP contribution in [0.3, 0.4) is 0 Å². The van der Waals surface area contributed by atoms with Crippen LogP contribution in [0.15, 0.2) is 22.7 Å². The van der Waals surface area contributed by atoms with Crippen molar-refractivity contribution >= 4 is 15.9 Å². The summed E-state index contributed by atoms with van der Waals surface area (Å²) in [6, 6.07) is 5.27. The number of nitrogens with two attached hydrogens (primary N) is 1. The summed E-state index contributed by atoms with van der Waals surface area (Å²) in [7, 11) is 0. The van der Waals surface area contributed by atoms with Crippen LogP contribution >= 0.6 is 15.9 Å². The van der Waals surface area contributed by atoms with Gasteiger partial charge in [-0.15, -0.1) is 0 Å². The van der Waals surface area contributed by atoms with Gasteiger partial charge in [-0.25, -0.2) is 4.39 Å². The van der Waals surface area contributed by atoms with Crippen molar-refractivity contribution < 1.29 is 4.39 Å². The van der Waals surface area contributed by atoms with Crippen molar-refractivity contribution in [1.29, 1.82) is 0 Å². The van der Waals surface area contributed by atoms with E-state index >= 15 is 0 Å². The van der Waals surface area contributed by atoms with Crippen molar-refractivity contribution in [2.45, 2.75) is 44.9 Å². The van der Waals surface area contributed by atoms with Gasteiger partial charge >= 0.3 is 0 Å². The maximum atomic E-state index is 14.1. The summed E-state index contributed by atoms with van der Waals surface area (Å²) in [6.45, 7) is 2.89. The van der Waals surface area contributed by atoms with E-state index in [1.165, 1.54) is 19.3 Å². The quantitative estimate of drug-likeness (QED) is 0.840. The Hall–Kier alpha value is -0.410. The average molecular weight is 328 g/mol. The predicted octanol–water partition coefficient (Wildman–Crippen LogP) is 4.85. The lowest BCUT2D eigenvalue weighted by atomic mass is 9.70. The SMILES string of the molecule is CCCC1CCC(CN)C(c2cc(Br)ccc2F)C1. The summed E-state index contributed by atoms with van der Waals surface area (Å²) < 4.78 is 15.1. The van der Waals surface area contributed by atoms with Crippen molar-refractivity contribution in [3.63, 3.8) is 0 Å². The molecule has 1 nitrogen and oxygen atoms in total. The van der Waals surface area contributed by atoms with E-state index in [4.69, 9.17) is 5.73 Å². The van der Waals surface area contributed by atoms with Crippen molar-refractivity contribution in [2.24, 2.45) is 17.6 Å². The highest BCUT2D eigenvalue weighted by atomic mass is 79.9. The summed E-state index contributed by atoms with van der Waals surface area (Å²) in [5, 5.41) is 0. The Bertz CT molecular complexity index is 421. The third-order valence-electron chi connectivity index (χ3n) is 4.46. The third kappa shape index (κ3) is 3.57. The summed E-state index contributed by atoms with van der Waals surface area (Å²) in [5.41, 5.74) is 6.76. The first kappa shape index (κ1) is 15.0. The van der Waals surface area contributed by atoms with Crippen molar-refractivity contribution in [3.05, 3.63) is 34.1 Å². The fourth-order valence-corrected chi connectivity index (χ4v) is 3.83. The molecule has 0 saturated heterocycles. The summed E-state index contributed by atoms with van der Waals surface area (Å²) in [5.74, 6) is 1.37. The molecule has 3 heteroatoms. The van der Waals surface area contributed by atoms with Gasteiger partial charge in [0.1, 0.15) is 5.82 Å². The van der Waals surface area contributed by atoms with Gasteiger partial charge in [0.25, 0.3) is 0 Å². The topological polar surface area (TPSA) is 26.0 Å². The lowest BCUT2D eigenvalue weighted by Crippen LogP contribution is -2.29. The molecule has 1 saturated carbocycles. The molecule has 1 aliphatic carbocycles. The van der Waals surface area contributed by atoms with E-state index in [1.807, 2.05) is 6.07 Å². The first-order valence-corrected chi connectivity index (χ1v) is 8.10. The van der Waals surface area contributed by atoms with Gasteiger partial charge in [-0.05, 0) is 60.9 Å². The summed E-state index contributed by atoms with van der Waals surface area (Å²) in [6.07, 6.45) is 5.94. The molecule has 0 radical (unpaired) electrons. The Labute approximate surface area is 123 Å². The molecule has 0 spiro atoms. The molecule has 0 amide bonds. The molecule has 0 bridgehead atoms. The second-order valence-electron chi connectivity index (χ2n) is 5.74. The zero-order valence-corrected chi connectivity index (χ0v) is 13.1. The molecule has 106 valence electrons. The summed E-state index contributed by atoms with van der Waals surface area (Å²) in [4.78, 5) is 0. The molecular formula is C16H23BrFN. The van der Waals surface area contributed by atoms with Crippen LogP contribution in [-0.2, 0) is 0 Å². The molecule has 0 aliphatic heterocycles. The normalized spacial score (nSPS) is 27.5. The van der Waals surface area contributed by atoms with E-state index in [0.717, 1.165) is 28.8 Å². The van der Waals surface area contributed by atoms with Crippen LogP contribution in [0.2, 0.25) is 0 Å². The maximum absolute atomic E-state index is 14.1. The first-order chi connectivity index (χ1) is 9.15. The van der Waals surface area contributed by atoms with Crippen LogP contribution in [-0.4, -0.2) is 6.54 Å². The monoisotopic (exact) mass is 327 g/mol. The highest BCUT2D eigenvalue weighted by Gasteiger charge is 2.31. The van der Waals surface area contributed by atoms with Gasteiger partial charge in [-0.1, -0.05) is 42.1 Å². The van der Waals surface area contributed by atoms with E-state index in [-0.39, 0.29) is 11.7 Å².